The van der Waals surface area contributed by atoms with Crippen LogP contribution in [0.5, 0.6) is 0 Å². The van der Waals surface area contributed by atoms with E-state index in [1.54, 1.807) is 19.1 Å². The van der Waals surface area contributed by atoms with Gasteiger partial charge >= 0.3 is 0 Å². The van der Waals surface area contributed by atoms with Crippen LogP contribution in [0.1, 0.15) is 19.4 Å². The summed E-state index contributed by atoms with van der Waals surface area (Å²) in [7, 11) is 0. The molecule has 88 valence electrons. The molecule has 0 aliphatic heterocycles. The summed E-state index contributed by atoms with van der Waals surface area (Å²) in [6.07, 6.45) is 0.665. The average Bonchev–Trinajstić information content (AvgIpc) is 2.21. The highest BCUT2D eigenvalue weighted by molar-refractivity contribution is 5.81. The smallest absolute Gasteiger partial charge is 0.236 e. The lowest BCUT2D eigenvalue weighted by Gasteiger charge is -2.15. The van der Waals surface area contributed by atoms with Crippen LogP contribution < -0.4 is 11.1 Å². The molecule has 3 N–H and O–H groups in total. The summed E-state index contributed by atoms with van der Waals surface area (Å²) in [5.41, 5.74) is 6.42. The average molecular weight is 224 g/mol. The molecule has 2 atom stereocenters. The fraction of sp³-hybridized carbons (Fsp3) is 0.417. The van der Waals surface area contributed by atoms with Gasteiger partial charge in [0.15, 0.2) is 0 Å². The number of hydrogen-bond donors (Lipinski definition) is 2. The standard InChI is InChI=1S/C12H17FN2O/c1-8(15-12(16)9(2)14)7-10-3-5-11(13)6-4-10/h3-6,8-9H,7,14H2,1-2H3,(H,15,16)/t8?,9-/m0/s1. The van der Waals surface area contributed by atoms with Crippen molar-refractivity contribution in [2.75, 3.05) is 0 Å². The number of carbonyl (C=O) groups is 1. The second-order valence-electron chi connectivity index (χ2n) is 4.03. The monoisotopic (exact) mass is 224 g/mol. The molecule has 0 aromatic heterocycles. The Hall–Kier alpha value is -1.42. The number of hydrogen-bond acceptors (Lipinski definition) is 2. The summed E-state index contributed by atoms with van der Waals surface area (Å²) in [6, 6.07) is 5.73. The van der Waals surface area contributed by atoms with Crippen molar-refractivity contribution in [2.45, 2.75) is 32.4 Å². The minimum absolute atomic E-state index is 0.0102. The summed E-state index contributed by atoms with van der Waals surface area (Å²) < 4.78 is 12.7. The Bertz CT molecular complexity index is 349. The second kappa shape index (κ2) is 5.61. The van der Waals surface area contributed by atoms with Gasteiger partial charge in [0.25, 0.3) is 0 Å². The van der Waals surface area contributed by atoms with E-state index < -0.39 is 6.04 Å². The first-order valence-electron chi connectivity index (χ1n) is 5.29. The largest absolute Gasteiger partial charge is 0.352 e. The topological polar surface area (TPSA) is 55.1 Å². The van der Waals surface area contributed by atoms with Gasteiger partial charge in [-0.15, -0.1) is 0 Å². The van der Waals surface area contributed by atoms with Crippen LogP contribution in [-0.4, -0.2) is 18.0 Å². The van der Waals surface area contributed by atoms with Crippen molar-refractivity contribution in [3.63, 3.8) is 0 Å². The highest BCUT2D eigenvalue weighted by Gasteiger charge is 2.11. The molecule has 0 fully saturated rings. The maximum Gasteiger partial charge on any atom is 0.236 e. The number of halogens is 1. The third-order valence-electron chi connectivity index (χ3n) is 2.26. The van der Waals surface area contributed by atoms with Crippen LogP contribution in [0, 0.1) is 5.82 Å². The number of rotatable bonds is 4. The van der Waals surface area contributed by atoms with E-state index in [9.17, 15) is 9.18 Å². The lowest BCUT2D eigenvalue weighted by molar-refractivity contribution is -0.122. The third kappa shape index (κ3) is 3.98. The summed E-state index contributed by atoms with van der Waals surface area (Å²) in [6.45, 7) is 3.53. The van der Waals surface area contributed by atoms with Gasteiger partial charge in [-0.25, -0.2) is 4.39 Å². The predicted octanol–water partition coefficient (Wildman–Crippen LogP) is 1.22. The van der Waals surface area contributed by atoms with E-state index in [0.717, 1.165) is 5.56 Å². The Labute approximate surface area is 94.8 Å². The number of carbonyl (C=O) groups excluding carboxylic acids is 1. The Kier molecular flexibility index (Phi) is 4.43. The van der Waals surface area contributed by atoms with Crippen molar-refractivity contribution >= 4 is 5.91 Å². The van der Waals surface area contributed by atoms with Gasteiger partial charge in [-0.3, -0.25) is 4.79 Å². The molecule has 1 amide bonds. The van der Waals surface area contributed by atoms with Crippen LogP contribution in [0.4, 0.5) is 4.39 Å². The number of amides is 1. The fourth-order valence-electron chi connectivity index (χ4n) is 1.40. The van der Waals surface area contributed by atoms with Crippen molar-refractivity contribution in [1.82, 2.24) is 5.32 Å². The van der Waals surface area contributed by atoms with E-state index in [-0.39, 0.29) is 17.8 Å². The molecule has 0 heterocycles. The Morgan fingerprint density at radius 2 is 1.94 bits per heavy atom. The maximum atomic E-state index is 12.7. The lowest BCUT2D eigenvalue weighted by atomic mass is 10.1. The molecule has 1 aromatic rings. The van der Waals surface area contributed by atoms with Crippen molar-refractivity contribution in [1.29, 1.82) is 0 Å². The summed E-state index contributed by atoms with van der Waals surface area (Å²) in [4.78, 5) is 11.3. The summed E-state index contributed by atoms with van der Waals surface area (Å²) in [5.74, 6) is -0.425. The van der Waals surface area contributed by atoms with E-state index in [0.29, 0.717) is 6.42 Å². The van der Waals surface area contributed by atoms with E-state index >= 15 is 0 Å². The molecule has 3 nitrogen and oxygen atoms in total. The predicted molar refractivity (Wildman–Crippen MR) is 61.4 cm³/mol. The first kappa shape index (κ1) is 12.6. The molecule has 0 saturated carbocycles. The molecule has 0 saturated heterocycles. The molecule has 1 rings (SSSR count). The Morgan fingerprint density at radius 1 is 1.38 bits per heavy atom. The fourth-order valence-corrected chi connectivity index (χ4v) is 1.40. The van der Waals surface area contributed by atoms with Gasteiger partial charge in [0.05, 0.1) is 6.04 Å². The molecule has 0 bridgehead atoms. The van der Waals surface area contributed by atoms with Crippen molar-refractivity contribution < 1.29 is 9.18 Å². The zero-order valence-electron chi connectivity index (χ0n) is 9.53. The second-order valence-corrected chi connectivity index (χ2v) is 4.03. The third-order valence-corrected chi connectivity index (χ3v) is 2.26. The Morgan fingerprint density at radius 3 is 2.44 bits per heavy atom. The van der Waals surface area contributed by atoms with Gasteiger partial charge in [0.1, 0.15) is 5.82 Å². The first-order chi connectivity index (χ1) is 7.49. The van der Waals surface area contributed by atoms with E-state index in [1.165, 1.54) is 12.1 Å². The van der Waals surface area contributed by atoms with Crippen LogP contribution in [0.2, 0.25) is 0 Å². The van der Waals surface area contributed by atoms with Gasteiger partial charge in [0, 0.05) is 6.04 Å². The maximum absolute atomic E-state index is 12.7. The van der Waals surface area contributed by atoms with Gasteiger partial charge in [-0.05, 0) is 38.0 Å². The number of nitrogens with one attached hydrogen (secondary N) is 1. The quantitative estimate of drug-likeness (QED) is 0.808. The molecule has 0 aliphatic rings. The van der Waals surface area contributed by atoms with Crippen LogP contribution in [-0.2, 0) is 11.2 Å². The van der Waals surface area contributed by atoms with Crippen LogP contribution in [0.15, 0.2) is 24.3 Å². The molecular weight excluding hydrogens is 207 g/mol. The molecular formula is C12H17FN2O. The van der Waals surface area contributed by atoms with Crippen molar-refractivity contribution in [2.24, 2.45) is 5.73 Å². The van der Waals surface area contributed by atoms with Crippen LogP contribution >= 0.6 is 0 Å². The molecule has 0 aliphatic carbocycles. The van der Waals surface area contributed by atoms with Crippen LogP contribution in [0.25, 0.3) is 0 Å². The lowest BCUT2D eigenvalue weighted by Crippen LogP contribution is -2.43. The van der Waals surface area contributed by atoms with E-state index in [1.807, 2.05) is 6.92 Å². The van der Waals surface area contributed by atoms with Crippen molar-refractivity contribution in [3.8, 4) is 0 Å². The highest BCUT2D eigenvalue weighted by atomic mass is 19.1. The summed E-state index contributed by atoms with van der Waals surface area (Å²) in [5, 5.41) is 2.78. The van der Waals surface area contributed by atoms with Gasteiger partial charge in [-0.2, -0.15) is 0 Å². The van der Waals surface area contributed by atoms with Gasteiger partial charge < -0.3 is 11.1 Å². The minimum atomic E-state index is -0.504. The minimum Gasteiger partial charge on any atom is -0.352 e. The molecule has 1 aromatic carbocycles. The first-order valence-corrected chi connectivity index (χ1v) is 5.29. The normalized spacial score (nSPS) is 14.2. The zero-order valence-corrected chi connectivity index (χ0v) is 9.53. The SMILES string of the molecule is CC(Cc1ccc(F)cc1)NC(=O)[C@H](C)N. The van der Waals surface area contributed by atoms with Crippen molar-refractivity contribution in [3.05, 3.63) is 35.6 Å². The number of nitrogens with two attached hydrogens (primary N) is 1. The summed E-state index contributed by atoms with van der Waals surface area (Å²) >= 11 is 0. The highest BCUT2D eigenvalue weighted by Crippen LogP contribution is 2.05. The molecule has 4 heteroatoms. The molecule has 1 unspecified atom stereocenters. The Balaban J connectivity index is 2.48. The molecule has 16 heavy (non-hydrogen) atoms. The van der Waals surface area contributed by atoms with E-state index in [2.05, 4.69) is 5.32 Å². The number of benzene rings is 1. The van der Waals surface area contributed by atoms with Gasteiger partial charge in [0.2, 0.25) is 5.91 Å². The van der Waals surface area contributed by atoms with E-state index in [4.69, 9.17) is 5.73 Å². The van der Waals surface area contributed by atoms with Gasteiger partial charge in [-0.1, -0.05) is 12.1 Å². The van der Waals surface area contributed by atoms with Crippen LogP contribution in [0.3, 0.4) is 0 Å². The molecule has 0 radical (unpaired) electrons. The zero-order chi connectivity index (χ0) is 12.1. The molecule has 0 spiro atoms.